The topological polar surface area (TPSA) is 80.3 Å². The highest BCUT2D eigenvalue weighted by Gasteiger charge is 2.25. The maximum Gasteiger partial charge on any atom is 0.348 e. The number of ether oxygens (including phenoxy) is 3. The highest BCUT2D eigenvalue weighted by atomic mass is 32.1. The van der Waals surface area contributed by atoms with E-state index in [1.165, 1.54) is 11.3 Å². The Hall–Kier alpha value is -1.60. The predicted octanol–water partition coefficient (Wildman–Crippen LogP) is 4.44. The number of esters is 1. The molecule has 1 aromatic carbocycles. The molecule has 0 aliphatic carbocycles. The molecule has 142 valence electrons. The summed E-state index contributed by atoms with van der Waals surface area (Å²) in [5.41, 5.74) is 0. The first kappa shape index (κ1) is 19.2. The standard InChI is InChI=1S/C17H21O7PS/c1-3-5-24-25(19,23-4-2)7-6-20-17(18)16-9-12-8-13-14(22-11-21-13)10-15(12)26-16/h8-10H,3-7,11H2,1-2H3. The lowest BCUT2D eigenvalue weighted by molar-refractivity contribution is 0.0528. The van der Waals surface area contributed by atoms with Crippen LogP contribution in [-0.4, -0.2) is 38.7 Å². The minimum atomic E-state index is -3.23. The Morgan fingerprint density at radius 1 is 1.15 bits per heavy atom. The van der Waals surface area contributed by atoms with Crippen LogP contribution in [0.1, 0.15) is 29.9 Å². The van der Waals surface area contributed by atoms with E-state index in [-0.39, 0.29) is 26.2 Å². The summed E-state index contributed by atoms with van der Waals surface area (Å²) in [6, 6.07) is 5.44. The molecule has 0 radical (unpaired) electrons. The van der Waals surface area contributed by atoms with Crippen LogP contribution < -0.4 is 9.47 Å². The van der Waals surface area contributed by atoms with Crippen molar-refractivity contribution < 1.29 is 32.6 Å². The van der Waals surface area contributed by atoms with Gasteiger partial charge in [0.15, 0.2) is 11.5 Å². The van der Waals surface area contributed by atoms with E-state index >= 15 is 0 Å². The average molecular weight is 400 g/mol. The third-order valence-electron chi connectivity index (χ3n) is 3.63. The quantitative estimate of drug-likeness (QED) is 0.455. The lowest BCUT2D eigenvalue weighted by Crippen LogP contribution is -2.10. The molecule has 2 heterocycles. The Morgan fingerprint density at radius 3 is 2.65 bits per heavy atom. The number of carbonyl (C=O) groups is 1. The molecule has 0 bridgehead atoms. The van der Waals surface area contributed by atoms with Gasteiger partial charge in [-0.15, -0.1) is 11.3 Å². The molecule has 1 aliphatic rings. The number of hydrogen-bond donors (Lipinski definition) is 0. The van der Waals surface area contributed by atoms with E-state index in [0.29, 0.717) is 23.0 Å². The van der Waals surface area contributed by atoms with Gasteiger partial charge < -0.3 is 23.3 Å². The van der Waals surface area contributed by atoms with E-state index in [2.05, 4.69) is 0 Å². The summed E-state index contributed by atoms with van der Waals surface area (Å²) in [5, 5.41) is 0.887. The molecule has 0 N–H and O–H groups in total. The molecule has 7 nitrogen and oxygen atoms in total. The van der Waals surface area contributed by atoms with E-state index in [9.17, 15) is 9.36 Å². The maximum atomic E-state index is 12.5. The number of thiophene rings is 1. The normalized spacial score (nSPS) is 15.2. The SMILES string of the molecule is CCCOP(=O)(CCOC(=O)c1cc2cc3c(cc2s1)OCO3)OCC. The zero-order chi connectivity index (χ0) is 18.6. The van der Waals surface area contributed by atoms with E-state index in [1.54, 1.807) is 13.0 Å². The first-order valence-electron chi connectivity index (χ1n) is 8.43. The molecule has 1 aliphatic heterocycles. The molecular weight excluding hydrogens is 379 g/mol. The summed E-state index contributed by atoms with van der Waals surface area (Å²) in [4.78, 5) is 12.7. The second kappa shape index (κ2) is 8.39. The van der Waals surface area contributed by atoms with Crippen molar-refractivity contribution in [2.75, 3.05) is 32.8 Å². The summed E-state index contributed by atoms with van der Waals surface area (Å²) in [5.74, 6) is 0.873. The van der Waals surface area contributed by atoms with Gasteiger partial charge >= 0.3 is 13.6 Å². The van der Waals surface area contributed by atoms with E-state index in [4.69, 9.17) is 23.3 Å². The van der Waals surface area contributed by atoms with Crippen molar-refractivity contribution in [1.29, 1.82) is 0 Å². The van der Waals surface area contributed by atoms with E-state index in [1.807, 2.05) is 19.1 Å². The van der Waals surface area contributed by atoms with Crippen LogP contribution in [0.25, 0.3) is 10.1 Å². The monoisotopic (exact) mass is 400 g/mol. The summed E-state index contributed by atoms with van der Waals surface area (Å²) in [6.07, 6.45) is 0.767. The second-order valence-electron chi connectivity index (χ2n) is 5.58. The molecule has 9 heteroatoms. The number of carbonyl (C=O) groups excluding carboxylic acids is 1. The van der Waals surface area contributed by atoms with Crippen LogP contribution in [0.2, 0.25) is 0 Å². The molecule has 0 fully saturated rings. The molecule has 0 saturated carbocycles. The van der Waals surface area contributed by atoms with Gasteiger partial charge in [0, 0.05) is 10.8 Å². The van der Waals surface area contributed by atoms with Crippen molar-refractivity contribution >= 4 is 35.0 Å². The molecule has 1 atom stereocenters. The van der Waals surface area contributed by atoms with Gasteiger partial charge in [-0.05, 0) is 30.9 Å². The molecule has 3 rings (SSSR count). The van der Waals surface area contributed by atoms with Gasteiger partial charge in [0.05, 0.1) is 19.4 Å². The minimum Gasteiger partial charge on any atom is -0.461 e. The third-order valence-corrected chi connectivity index (χ3v) is 6.66. The van der Waals surface area contributed by atoms with Gasteiger partial charge in [-0.2, -0.15) is 0 Å². The molecule has 0 saturated heterocycles. The molecule has 1 aromatic heterocycles. The van der Waals surface area contributed by atoms with Crippen LogP contribution >= 0.6 is 18.9 Å². The van der Waals surface area contributed by atoms with Crippen LogP contribution in [0, 0.1) is 0 Å². The summed E-state index contributed by atoms with van der Waals surface area (Å²) in [7, 11) is -3.23. The van der Waals surface area contributed by atoms with Gasteiger partial charge in [0.25, 0.3) is 0 Å². The van der Waals surface area contributed by atoms with Crippen LogP contribution in [0.15, 0.2) is 18.2 Å². The van der Waals surface area contributed by atoms with Crippen molar-refractivity contribution in [3.05, 3.63) is 23.1 Å². The Bertz CT molecular complexity index is 791. The highest BCUT2D eigenvalue weighted by molar-refractivity contribution is 7.53. The van der Waals surface area contributed by atoms with Gasteiger partial charge in [0.2, 0.25) is 6.79 Å². The first-order valence-corrected chi connectivity index (χ1v) is 11.0. The Kier molecular flexibility index (Phi) is 6.19. The lowest BCUT2D eigenvalue weighted by Gasteiger charge is -2.17. The Morgan fingerprint density at radius 2 is 1.92 bits per heavy atom. The third kappa shape index (κ3) is 4.38. The Labute approximate surface area is 155 Å². The molecule has 26 heavy (non-hydrogen) atoms. The number of rotatable bonds is 9. The zero-order valence-electron chi connectivity index (χ0n) is 14.7. The summed E-state index contributed by atoms with van der Waals surface area (Å²) in [6.45, 7) is 4.47. The van der Waals surface area contributed by atoms with E-state index in [0.717, 1.165) is 16.5 Å². The summed E-state index contributed by atoms with van der Waals surface area (Å²) >= 11 is 1.31. The maximum absolute atomic E-state index is 12.5. The predicted molar refractivity (Wildman–Crippen MR) is 98.6 cm³/mol. The van der Waals surface area contributed by atoms with E-state index < -0.39 is 13.6 Å². The van der Waals surface area contributed by atoms with Gasteiger partial charge in [-0.25, -0.2) is 4.79 Å². The molecule has 0 amide bonds. The fourth-order valence-corrected chi connectivity index (χ4v) is 4.91. The van der Waals surface area contributed by atoms with Crippen LogP contribution in [0.4, 0.5) is 0 Å². The van der Waals surface area contributed by atoms with Gasteiger partial charge in [-0.1, -0.05) is 6.92 Å². The molecule has 0 spiro atoms. The molecule has 2 aromatic rings. The van der Waals surface area contributed by atoms with Crippen molar-refractivity contribution in [3.63, 3.8) is 0 Å². The van der Waals surface area contributed by atoms with Crippen molar-refractivity contribution in [1.82, 2.24) is 0 Å². The van der Waals surface area contributed by atoms with Gasteiger partial charge in [-0.3, -0.25) is 4.57 Å². The van der Waals surface area contributed by atoms with Crippen LogP contribution in [0.5, 0.6) is 11.5 Å². The Balaban J connectivity index is 1.61. The number of fused-ring (bicyclic) bond motifs is 2. The first-order chi connectivity index (χ1) is 12.5. The zero-order valence-corrected chi connectivity index (χ0v) is 16.4. The average Bonchev–Trinajstić information content (AvgIpc) is 3.23. The van der Waals surface area contributed by atoms with Crippen LogP contribution in [0.3, 0.4) is 0 Å². The fraction of sp³-hybridized carbons (Fsp3) is 0.471. The largest absolute Gasteiger partial charge is 0.461 e. The smallest absolute Gasteiger partial charge is 0.348 e. The minimum absolute atomic E-state index is 0.0310. The van der Waals surface area contributed by atoms with Crippen molar-refractivity contribution in [2.45, 2.75) is 20.3 Å². The summed E-state index contributed by atoms with van der Waals surface area (Å²) < 4.78 is 39.9. The number of hydrogen-bond acceptors (Lipinski definition) is 8. The van der Waals surface area contributed by atoms with Crippen LogP contribution in [-0.2, 0) is 18.3 Å². The van der Waals surface area contributed by atoms with Crippen molar-refractivity contribution in [2.24, 2.45) is 0 Å². The second-order valence-corrected chi connectivity index (χ2v) is 8.84. The van der Waals surface area contributed by atoms with Gasteiger partial charge in [0.1, 0.15) is 11.5 Å². The molecule has 1 unspecified atom stereocenters. The fourth-order valence-electron chi connectivity index (χ4n) is 2.44. The highest BCUT2D eigenvalue weighted by Crippen LogP contribution is 2.47. The lowest BCUT2D eigenvalue weighted by atomic mass is 10.2. The number of benzene rings is 1. The molecular formula is C17H21O7PS. The van der Waals surface area contributed by atoms with Crippen molar-refractivity contribution in [3.8, 4) is 11.5 Å².